The summed E-state index contributed by atoms with van der Waals surface area (Å²) in [5, 5.41) is 8.55. The van der Waals surface area contributed by atoms with Crippen molar-refractivity contribution in [2.75, 3.05) is 29.2 Å². The second kappa shape index (κ2) is 7.79. The van der Waals surface area contributed by atoms with Crippen molar-refractivity contribution in [3.8, 4) is 0 Å². The normalized spacial score (nSPS) is 18.4. The van der Waals surface area contributed by atoms with Crippen LogP contribution in [-0.2, 0) is 15.7 Å². The first-order chi connectivity index (χ1) is 13.9. The number of halogens is 3. The van der Waals surface area contributed by atoms with E-state index in [1.165, 1.54) is 12.3 Å². The fraction of sp³-hybridized carbons (Fsp3) is 0.286. The zero-order valence-electron chi connectivity index (χ0n) is 15.5. The number of alkyl halides is 3. The number of hydrogen-bond donors (Lipinski definition) is 3. The van der Waals surface area contributed by atoms with E-state index in [0.29, 0.717) is 42.9 Å². The van der Waals surface area contributed by atoms with Gasteiger partial charge in [-0.1, -0.05) is 18.2 Å². The molecule has 2 aromatic carbocycles. The van der Waals surface area contributed by atoms with Crippen LogP contribution in [0.15, 0.2) is 48.7 Å². The van der Waals surface area contributed by atoms with Crippen molar-refractivity contribution in [2.24, 2.45) is 0 Å². The standard InChI is InChI=1S/C21H20F3N3O2/c22-21(23,24)17-11-14(5-6-19(17)26-13-7-9-29-10-8-13)25-12-16-15-3-1-2-4-18(15)27-20(16)28/h1-6,11-13,25-26H,7-10H2,(H,27,28). The lowest BCUT2D eigenvalue weighted by atomic mass is 10.1. The Morgan fingerprint density at radius 3 is 2.62 bits per heavy atom. The van der Waals surface area contributed by atoms with Crippen LogP contribution in [0.5, 0.6) is 0 Å². The summed E-state index contributed by atoms with van der Waals surface area (Å²) in [4.78, 5) is 12.1. The van der Waals surface area contributed by atoms with Gasteiger partial charge >= 0.3 is 6.18 Å². The van der Waals surface area contributed by atoms with Crippen molar-refractivity contribution in [1.82, 2.24) is 0 Å². The van der Waals surface area contributed by atoms with Crippen molar-refractivity contribution in [3.05, 3.63) is 59.8 Å². The molecule has 0 unspecified atom stereocenters. The average molecular weight is 403 g/mol. The molecule has 0 atom stereocenters. The molecule has 8 heteroatoms. The van der Waals surface area contributed by atoms with Crippen molar-refractivity contribution in [1.29, 1.82) is 0 Å². The molecular formula is C21H20F3N3O2. The highest BCUT2D eigenvalue weighted by Gasteiger charge is 2.34. The van der Waals surface area contributed by atoms with Gasteiger partial charge in [-0.15, -0.1) is 0 Å². The molecule has 29 heavy (non-hydrogen) atoms. The first-order valence-electron chi connectivity index (χ1n) is 9.35. The van der Waals surface area contributed by atoms with Gasteiger partial charge in [-0.25, -0.2) is 0 Å². The summed E-state index contributed by atoms with van der Waals surface area (Å²) >= 11 is 0. The van der Waals surface area contributed by atoms with E-state index in [1.807, 2.05) is 0 Å². The van der Waals surface area contributed by atoms with E-state index in [0.717, 1.165) is 6.07 Å². The van der Waals surface area contributed by atoms with E-state index in [4.69, 9.17) is 4.74 Å². The Morgan fingerprint density at radius 1 is 1.10 bits per heavy atom. The van der Waals surface area contributed by atoms with Crippen LogP contribution in [0.3, 0.4) is 0 Å². The number of nitrogens with one attached hydrogen (secondary N) is 3. The SMILES string of the molecule is O=C1Nc2ccccc2C1=CNc1ccc(NC2CCOCC2)c(C(F)(F)F)c1. The maximum absolute atomic E-state index is 13.6. The minimum absolute atomic E-state index is 0.0477. The topological polar surface area (TPSA) is 62.4 Å². The van der Waals surface area contributed by atoms with Crippen LogP contribution in [0.2, 0.25) is 0 Å². The van der Waals surface area contributed by atoms with E-state index < -0.39 is 11.7 Å². The molecule has 2 aromatic rings. The largest absolute Gasteiger partial charge is 0.418 e. The van der Waals surface area contributed by atoms with Gasteiger partial charge < -0.3 is 20.7 Å². The zero-order chi connectivity index (χ0) is 20.4. The van der Waals surface area contributed by atoms with Gasteiger partial charge in [0, 0.05) is 48.1 Å². The van der Waals surface area contributed by atoms with E-state index in [2.05, 4.69) is 16.0 Å². The van der Waals surface area contributed by atoms with Crippen LogP contribution in [0.1, 0.15) is 24.0 Å². The van der Waals surface area contributed by atoms with Gasteiger partial charge in [0.25, 0.3) is 5.91 Å². The van der Waals surface area contributed by atoms with Crippen LogP contribution >= 0.6 is 0 Å². The van der Waals surface area contributed by atoms with Crippen molar-refractivity contribution >= 4 is 28.5 Å². The van der Waals surface area contributed by atoms with E-state index in [9.17, 15) is 18.0 Å². The lowest BCUT2D eigenvalue weighted by molar-refractivity contribution is -0.137. The van der Waals surface area contributed by atoms with E-state index in [-0.39, 0.29) is 23.3 Å². The number of rotatable bonds is 4. The van der Waals surface area contributed by atoms with Gasteiger partial charge in [0.15, 0.2) is 0 Å². The molecule has 2 aliphatic heterocycles. The van der Waals surface area contributed by atoms with Gasteiger partial charge in [-0.3, -0.25) is 4.79 Å². The number of carbonyl (C=O) groups is 1. The third-order valence-electron chi connectivity index (χ3n) is 5.00. The van der Waals surface area contributed by atoms with Crippen LogP contribution < -0.4 is 16.0 Å². The number of ether oxygens (including phenoxy) is 1. The molecule has 0 spiro atoms. The third-order valence-corrected chi connectivity index (χ3v) is 5.00. The lowest BCUT2D eigenvalue weighted by Gasteiger charge is -2.26. The van der Waals surface area contributed by atoms with Crippen LogP contribution in [0.25, 0.3) is 5.57 Å². The van der Waals surface area contributed by atoms with Gasteiger partial charge in [0.2, 0.25) is 0 Å². The predicted molar refractivity (Wildman–Crippen MR) is 106 cm³/mol. The van der Waals surface area contributed by atoms with Crippen molar-refractivity contribution in [2.45, 2.75) is 25.1 Å². The molecular weight excluding hydrogens is 383 g/mol. The van der Waals surface area contributed by atoms with Crippen molar-refractivity contribution in [3.63, 3.8) is 0 Å². The highest BCUT2D eigenvalue weighted by Crippen LogP contribution is 2.38. The number of anilines is 3. The summed E-state index contributed by atoms with van der Waals surface area (Å²) in [7, 11) is 0. The molecule has 0 aromatic heterocycles. The minimum atomic E-state index is -4.50. The Balaban J connectivity index is 1.58. The number of hydrogen-bond acceptors (Lipinski definition) is 4. The molecule has 0 aliphatic carbocycles. The monoisotopic (exact) mass is 403 g/mol. The summed E-state index contributed by atoms with van der Waals surface area (Å²) in [6.45, 7) is 1.07. The number of para-hydroxylation sites is 1. The minimum Gasteiger partial charge on any atom is -0.382 e. The molecule has 152 valence electrons. The molecule has 2 heterocycles. The molecule has 4 rings (SSSR count). The van der Waals surface area contributed by atoms with Gasteiger partial charge in [-0.05, 0) is 37.1 Å². The highest BCUT2D eigenvalue weighted by atomic mass is 19.4. The van der Waals surface area contributed by atoms with Gasteiger partial charge in [-0.2, -0.15) is 13.2 Å². The van der Waals surface area contributed by atoms with Crippen LogP contribution in [0.4, 0.5) is 30.2 Å². The lowest BCUT2D eigenvalue weighted by Crippen LogP contribution is -2.28. The summed E-state index contributed by atoms with van der Waals surface area (Å²) in [5.41, 5.74) is 1.31. The summed E-state index contributed by atoms with van der Waals surface area (Å²) in [5.74, 6) is -0.299. The first-order valence-corrected chi connectivity index (χ1v) is 9.35. The molecule has 0 bridgehead atoms. The predicted octanol–water partition coefficient (Wildman–Crippen LogP) is 4.70. The molecule has 1 fully saturated rings. The molecule has 1 amide bonds. The fourth-order valence-corrected chi connectivity index (χ4v) is 3.49. The highest BCUT2D eigenvalue weighted by molar-refractivity contribution is 6.31. The summed E-state index contributed by atoms with van der Waals surface area (Å²) < 4.78 is 46.1. The summed E-state index contributed by atoms with van der Waals surface area (Å²) in [6.07, 6.45) is -1.74. The Labute approximate surface area is 165 Å². The van der Waals surface area contributed by atoms with Crippen molar-refractivity contribution < 1.29 is 22.7 Å². The average Bonchev–Trinajstić information content (AvgIpc) is 3.02. The van der Waals surface area contributed by atoms with Gasteiger partial charge in [0.1, 0.15) is 0 Å². The summed E-state index contributed by atoms with van der Waals surface area (Å²) in [6, 6.07) is 11.1. The maximum atomic E-state index is 13.6. The fourth-order valence-electron chi connectivity index (χ4n) is 3.49. The molecule has 3 N–H and O–H groups in total. The third kappa shape index (κ3) is 4.22. The number of carbonyl (C=O) groups excluding carboxylic acids is 1. The van der Waals surface area contributed by atoms with E-state index in [1.54, 1.807) is 30.3 Å². The van der Waals surface area contributed by atoms with E-state index >= 15 is 0 Å². The maximum Gasteiger partial charge on any atom is 0.418 e. The van der Waals surface area contributed by atoms with Gasteiger partial charge in [0.05, 0.1) is 11.1 Å². The molecule has 1 saturated heterocycles. The quantitative estimate of drug-likeness (QED) is 0.648. The first kappa shape index (κ1) is 19.3. The smallest absolute Gasteiger partial charge is 0.382 e. The second-order valence-corrected chi connectivity index (χ2v) is 6.99. The molecule has 0 saturated carbocycles. The number of amides is 1. The number of fused-ring (bicyclic) bond motifs is 1. The Hall–Kier alpha value is -3.00. The van der Waals surface area contributed by atoms with Crippen LogP contribution in [0, 0.1) is 0 Å². The Bertz CT molecular complexity index is 950. The Kier molecular flexibility index (Phi) is 5.19. The molecule has 0 radical (unpaired) electrons. The zero-order valence-corrected chi connectivity index (χ0v) is 15.5. The Morgan fingerprint density at radius 2 is 1.86 bits per heavy atom. The second-order valence-electron chi connectivity index (χ2n) is 6.99. The number of benzene rings is 2. The van der Waals surface area contributed by atoms with Crippen LogP contribution in [-0.4, -0.2) is 25.2 Å². The molecule has 2 aliphatic rings. The molecule has 5 nitrogen and oxygen atoms in total.